The maximum atomic E-state index is 2.42. The van der Waals surface area contributed by atoms with Crippen molar-refractivity contribution in [2.45, 2.75) is 0 Å². The average molecular weight is 654 g/mol. The molecule has 0 saturated heterocycles. The fraction of sp³-hybridized carbons (Fsp3) is 0. The Labute approximate surface area is 295 Å². The molecule has 0 bridgehead atoms. The predicted octanol–water partition coefficient (Wildman–Crippen LogP) is 13.8. The van der Waals surface area contributed by atoms with Gasteiger partial charge in [0.1, 0.15) is 0 Å². The Balaban J connectivity index is 1.29. The van der Waals surface area contributed by atoms with Gasteiger partial charge in [0, 0.05) is 47.8 Å². The van der Waals surface area contributed by atoms with E-state index in [1.54, 1.807) is 0 Å². The van der Waals surface area contributed by atoms with E-state index in [-0.39, 0.29) is 0 Å². The SMILES string of the molecule is c1ccc(-c2cc(-c3ccccc3)c3sc4c(-c5ccc6c(c5)c5ccccc5n6-c5ccccc5)cc(-c5ccccc5)cc4c3c2)cc1. The summed E-state index contributed by atoms with van der Waals surface area (Å²) in [7, 11) is 0. The van der Waals surface area contributed by atoms with Gasteiger partial charge >= 0.3 is 0 Å². The second-order valence-electron chi connectivity index (χ2n) is 12.9. The van der Waals surface area contributed by atoms with Crippen molar-refractivity contribution in [2.75, 3.05) is 0 Å². The summed E-state index contributed by atoms with van der Waals surface area (Å²) < 4.78 is 5.02. The van der Waals surface area contributed by atoms with Crippen molar-refractivity contribution in [3.63, 3.8) is 0 Å². The van der Waals surface area contributed by atoms with E-state index in [2.05, 4.69) is 193 Å². The van der Waals surface area contributed by atoms with Crippen LogP contribution in [0.2, 0.25) is 0 Å². The Morgan fingerprint density at radius 2 is 0.760 bits per heavy atom. The van der Waals surface area contributed by atoms with E-state index in [1.807, 2.05) is 11.3 Å². The Kier molecular flexibility index (Phi) is 6.75. The number of fused-ring (bicyclic) bond motifs is 6. The summed E-state index contributed by atoms with van der Waals surface area (Å²) in [6, 6.07) is 68.6. The van der Waals surface area contributed by atoms with E-state index in [0.717, 1.165) is 0 Å². The van der Waals surface area contributed by atoms with Gasteiger partial charge in [0.05, 0.1) is 11.0 Å². The van der Waals surface area contributed by atoms with Crippen molar-refractivity contribution in [3.05, 3.63) is 188 Å². The van der Waals surface area contributed by atoms with Gasteiger partial charge in [-0.25, -0.2) is 0 Å². The molecule has 10 aromatic rings. The Hall–Kier alpha value is -6.22. The lowest BCUT2D eigenvalue weighted by Crippen LogP contribution is -1.92. The zero-order valence-electron chi connectivity index (χ0n) is 27.3. The van der Waals surface area contributed by atoms with Crippen molar-refractivity contribution >= 4 is 53.3 Å². The van der Waals surface area contributed by atoms with Gasteiger partial charge in [-0.1, -0.05) is 133 Å². The summed E-state index contributed by atoms with van der Waals surface area (Å²) in [4.78, 5) is 0. The quantitative estimate of drug-likeness (QED) is 0.174. The molecule has 0 saturated carbocycles. The number of hydrogen-bond donors (Lipinski definition) is 0. The Bertz CT molecular complexity index is 2830. The van der Waals surface area contributed by atoms with Crippen LogP contribution in [-0.4, -0.2) is 4.57 Å². The van der Waals surface area contributed by atoms with Gasteiger partial charge in [-0.2, -0.15) is 0 Å². The third kappa shape index (κ3) is 4.69. The van der Waals surface area contributed by atoms with Crippen LogP contribution in [0, 0.1) is 0 Å². The lowest BCUT2D eigenvalue weighted by atomic mass is 9.93. The summed E-state index contributed by atoms with van der Waals surface area (Å²) in [5.41, 5.74) is 13.5. The molecule has 1 nitrogen and oxygen atoms in total. The summed E-state index contributed by atoms with van der Waals surface area (Å²) >= 11 is 1.92. The smallest absolute Gasteiger partial charge is 0.0541 e. The Morgan fingerprint density at radius 1 is 0.300 bits per heavy atom. The van der Waals surface area contributed by atoms with E-state index in [4.69, 9.17) is 0 Å². The normalized spacial score (nSPS) is 11.6. The maximum Gasteiger partial charge on any atom is 0.0541 e. The van der Waals surface area contributed by atoms with Crippen LogP contribution in [0.3, 0.4) is 0 Å². The largest absolute Gasteiger partial charge is 0.309 e. The summed E-state index contributed by atoms with van der Waals surface area (Å²) in [6.07, 6.45) is 0. The summed E-state index contributed by atoms with van der Waals surface area (Å²) in [6.45, 7) is 0. The molecule has 0 aliphatic rings. The second kappa shape index (κ2) is 11.7. The van der Waals surface area contributed by atoms with Crippen molar-refractivity contribution in [2.24, 2.45) is 0 Å². The van der Waals surface area contributed by atoms with Gasteiger partial charge in [-0.05, 0) is 88.0 Å². The highest BCUT2D eigenvalue weighted by Gasteiger charge is 2.19. The molecular formula is C48H31NS. The molecule has 0 spiro atoms. The molecule has 2 heterocycles. The van der Waals surface area contributed by atoms with E-state index in [9.17, 15) is 0 Å². The molecule has 0 fully saturated rings. The van der Waals surface area contributed by atoms with Crippen LogP contribution in [0.5, 0.6) is 0 Å². The van der Waals surface area contributed by atoms with Gasteiger partial charge in [0.25, 0.3) is 0 Å². The molecule has 0 atom stereocenters. The molecule has 234 valence electrons. The van der Waals surface area contributed by atoms with Crippen molar-refractivity contribution in [1.29, 1.82) is 0 Å². The first-order valence-electron chi connectivity index (χ1n) is 17.1. The number of para-hydroxylation sites is 2. The lowest BCUT2D eigenvalue weighted by Gasteiger charge is -2.11. The van der Waals surface area contributed by atoms with E-state index in [0.29, 0.717) is 0 Å². The van der Waals surface area contributed by atoms with Crippen molar-refractivity contribution in [1.82, 2.24) is 4.57 Å². The molecule has 2 aromatic heterocycles. The van der Waals surface area contributed by atoms with Crippen LogP contribution >= 0.6 is 11.3 Å². The first kappa shape index (κ1) is 28.8. The average Bonchev–Trinajstić information content (AvgIpc) is 3.74. The molecule has 2 heteroatoms. The van der Waals surface area contributed by atoms with Crippen LogP contribution in [0.4, 0.5) is 0 Å². The molecule has 0 aliphatic heterocycles. The van der Waals surface area contributed by atoms with Crippen LogP contribution in [0.1, 0.15) is 0 Å². The molecule has 0 radical (unpaired) electrons. The highest BCUT2D eigenvalue weighted by molar-refractivity contribution is 7.27. The van der Waals surface area contributed by atoms with Gasteiger partial charge in [-0.3, -0.25) is 0 Å². The second-order valence-corrected chi connectivity index (χ2v) is 13.9. The summed E-state index contributed by atoms with van der Waals surface area (Å²) in [5, 5.41) is 5.12. The standard InChI is InChI=1S/C48H31NS/c1-5-15-32(16-6-1)36-28-40(34-19-9-3-10-20-34)47-43(30-36)44-31-37(33-17-7-2-8-18-33)29-41(48(44)50-47)35-25-26-46-42(27-35)39-23-13-14-24-45(39)49(46)38-21-11-4-12-22-38/h1-31H. The highest BCUT2D eigenvalue weighted by atomic mass is 32.1. The molecule has 8 aromatic carbocycles. The number of thiophene rings is 1. The Morgan fingerprint density at radius 3 is 1.36 bits per heavy atom. The van der Waals surface area contributed by atoms with Crippen LogP contribution in [0.25, 0.3) is 92.2 Å². The molecule has 50 heavy (non-hydrogen) atoms. The molecule has 0 amide bonds. The van der Waals surface area contributed by atoms with E-state index in [1.165, 1.54) is 92.2 Å². The molecule has 0 aliphatic carbocycles. The van der Waals surface area contributed by atoms with Crippen LogP contribution in [-0.2, 0) is 0 Å². The molecule has 0 unspecified atom stereocenters. The third-order valence-corrected chi connectivity index (χ3v) is 11.3. The van der Waals surface area contributed by atoms with Gasteiger partial charge < -0.3 is 4.57 Å². The number of benzene rings is 8. The van der Waals surface area contributed by atoms with Gasteiger partial charge in [-0.15, -0.1) is 11.3 Å². The number of aromatic nitrogens is 1. The van der Waals surface area contributed by atoms with Gasteiger partial charge in [0.15, 0.2) is 0 Å². The van der Waals surface area contributed by atoms with E-state index < -0.39 is 0 Å². The van der Waals surface area contributed by atoms with Crippen LogP contribution < -0.4 is 0 Å². The minimum absolute atomic E-state index is 1.17. The number of rotatable bonds is 5. The molecular weight excluding hydrogens is 623 g/mol. The first-order chi connectivity index (χ1) is 24.8. The molecule has 10 rings (SSSR count). The number of nitrogens with zero attached hydrogens (tertiary/aromatic N) is 1. The minimum atomic E-state index is 1.17. The summed E-state index contributed by atoms with van der Waals surface area (Å²) in [5.74, 6) is 0. The first-order valence-corrected chi connectivity index (χ1v) is 17.9. The zero-order valence-corrected chi connectivity index (χ0v) is 28.1. The van der Waals surface area contributed by atoms with Crippen LogP contribution in [0.15, 0.2) is 188 Å². The van der Waals surface area contributed by atoms with Crippen molar-refractivity contribution < 1.29 is 0 Å². The predicted molar refractivity (Wildman–Crippen MR) is 215 cm³/mol. The fourth-order valence-corrected chi connectivity index (χ4v) is 8.95. The van der Waals surface area contributed by atoms with Crippen molar-refractivity contribution in [3.8, 4) is 50.2 Å². The lowest BCUT2D eigenvalue weighted by molar-refractivity contribution is 1.18. The monoisotopic (exact) mass is 653 g/mol. The molecule has 0 N–H and O–H groups in total. The zero-order chi connectivity index (χ0) is 33.0. The fourth-order valence-electron chi connectivity index (χ4n) is 7.62. The highest BCUT2D eigenvalue weighted by Crippen LogP contribution is 2.48. The minimum Gasteiger partial charge on any atom is -0.309 e. The maximum absolute atomic E-state index is 2.42. The number of hydrogen-bond acceptors (Lipinski definition) is 1. The topological polar surface area (TPSA) is 4.93 Å². The van der Waals surface area contributed by atoms with Gasteiger partial charge in [0.2, 0.25) is 0 Å². The third-order valence-electron chi connectivity index (χ3n) is 9.97. The van der Waals surface area contributed by atoms with E-state index >= 15 is 0 Å².